The molecule has 2 heterocycles. The minimum Gasteiger partial charge on any atom is -0.325 e. The lowest BCUT2D eigenvalue weighted by atomic mass is 10.2. The Balaban J connectivity index is 1.83. The van der Waals surface area contributed by atoms with Crippen LogP contribution in [0.15, 0.2) is 51.1 Å². The number of amides is 2. The minimum atomic E-state index is -0.116. The number of benzene rings is 2. The predicted molar refractivity (Wildman–Crippen MR) is 88.9 cm³/mol. The summed E-state index contributed by atoms with van der Waals surface area (Å²) >= 11 is 3.24. The van der Waals surface area contributed by atoms with Crippen molar-refractivity contribution >= 4 is 46.7 Å². The fourth-order valence-corrected chi connectivity index (χ4v) is 4.58. The first-order valence-electron chi connectivity index (χ1n) is 6.89. The molecule has 2 amide bonds. The van der Waals surface area contributed by atoms with Crippen molar-refractivity contribution < 1.29 is 9.59 Å². The Kier molecular flexibility index (Phi) is 3.35. The van der Waals surface area contributed by atoms with Crippen LogP contribution in [0.5, 0.6) is 0 Å². The monoisotopic (exact) mass is 328 g/mol. The first kappa shape index (κ1) is 13.7. The van der Waals surface area contributed by atoms with Crippen molar-refractivity contribution in [2.75, 3.05) is 16.4 Å². The lowest BCUT2D eigenvalue weighted by molar-refractivity contribution is -0.115. The number of thioether (sulfide) groups is 1. The molecule has 0 aromatic heterocycles. The maximum Gasteiger partial charge on any atom is 0.256 e. The highest BCUT2D eigenvalue weighted by molar-refractivity contribution is 8.00. The van der Waals surface area contributed by atoms with E-state index in [2.05, 4.69) is 10.6 Å². The van der Waals surface area contributed by atoms with E-state index in [4.69, 9.17) is 0 Å². The van der Waals surface area contributed by atoms with E-state index < -0.39 is 0 Å². The number of hydrogen-bond donors (Lipinski definition) is 2. The van der Waals surface area contributed by atoms with Crippen LogP contribution in [0.4, 0.5) is 11.4 Å². The van der Waals surface area contributed by atoms with Gasteiger partial charge in [0.25, 0.3) is 5.91 Å². The topological polar surface area (TPSA) is 58.2 Å². The van der Waals surface area contributed by atoms with Crippen molar-refractivity contribution in [3.8, 4) is 0 Å². The lowest BCUT2D eigenvalue weighted by Gasteiger charge is -2.12. The van der Waals surface area contributed by atoms with Crippen LogP contribution in [0, 0.1) is 0 Å². The zero-order valence-electron chi connectivity index (χ0n) is 11.5. The molecule has 0 unspecified atom stereocenters. The van der Waals surface area contributed by atoms with Crippen molar-refractivity contribution in [2.45, 2.75) is 21.1 Å². The number of nitrogens with one attached hydrogen (secondary N) is 2. The molecule has 2 N–H and O–H groups in total. The average molecular weight is 328 g/mol. The zero-order chi connectivity index (χ0) is 15.1. The van der Waals surface area contributed by atoms with E-state index >= 15 is 0 Å². The summed E-state index contributed by atoms with van der Waals surface area (Å²) in [6.45, 7) is 0. The molecule has 0 aliphatic carbocycles. The van der Waals surface area contributed by atoms with Crippen molar-refractivity contribution in [3.63, 3.8) is 0 Å². The van der Waals surface area contributed by atoms with Gasteiger partial charge in [-0.2, -0.15) is 0 Å². The highest BCUT2D eigenvalue weighted by Crippen LogP contribution is 2.44. The van der Waals surface area contributed by atoms with Gasteiger partial charge in [0, 0.05) is 26.9 Å². The van der Waals surface area contributed by atoms with Crippen LogP contribution in [0.25, 0.3) is 0 Å². The van der Waals surface area contributed by atoms with Gasteiger partial charge in [0.05, 0.1) is 16.9 Å². The molecule has 0 saturated heterocycles. The third-order valence-electron chi connectivity index (χ3n) is 3.54. The van der Waals surface area contributed by atoms with Gasteiger partial charge < -0.3 is 10.6 Å². The van der Waals surface area contributed by atoms with Gasteiger partial charge in [0.1, 0.15) is 0 Å². The van der Waals surface area contributed by atoms with Crippen molar-refractivity contribution in [1.82, 2.24) is 0 Å². The molecular formula is C16H12N2O2S2. The van der Waals surface area contributed by atoms with Gasteiger partial charge in [0.2, 0.25) is 5.91 Å². The molecule has 0 bridgehead atoms. The largest absolute Gasteiger partial charge is 0.325 e. The van der Waals surface area contributed by atoms with Gasteiger partial charge in [-0.1, -0.05) is 23.9 Å². The van der Waals surface area contributed by atoms with Gasteiger partial charge in [0.15, 0.2) is 0 Å². The average Bonchev–Trinajstić information content (AvgIpc) is 2.75. The molecule has 2 aliphatic rings. The Morgan fingerprint density at radius 3 is 2.64 bits per heavy atom. The summed E-state index contributed by atoms with van der Waals surface area (Å²) in [6, 6.07) is 11.5. The van der Waals surface area contributed by atoms with Crippen molar-refractivity contribution in [2.24, 2.45) is 0 Å². The molecule has 4 nitrogen and oxygen atoms in total. The Morgan fingerprint density at radius 1 is 0.909 bits per heavy atom. The molecule has 0 fully saturated rings. The third kappa shape index (κ3) is 2.38. The Hall–Kier alpha value is -1.92. The highest BCUT2D eigenvalue weighted by Gasteiger charge is 2.22. The molecule has 22 heavy (non-hydrogen) atoms. The first-order valence-corrected chi connectivity index (χ1v) is 8.70. The fraction of sp³-hybridized carbons (Fsp3) is 0.125. The molecule has 2 aromatic carbocycles. The van der Waals surface area contributed by atoms with Crippen molar-refractivity contribution in [3.05, 3.63) is 42.0 Å². The number of rotatable bonds is 0. The van der Waals surface area contributed by atoms with Gasteiger partial charge >= 0.3 is 0 Å². The summed E-state index contributed by atoms with van der Waals surface area (Å²) in [7, 11) is 0. The molecule has 110 valence electrons. The number of anilines is 2. The molecule has 6 heteroatoms. The van der Waals surface area contributed by atoms with E-state index in [1.165, 1.54) is 0 Å². The number of carbonyl (C=O) groups excluding carboxylic acids is 2. The van der Waals surface area contributed by atoms with E-state index in [0.717, 1.165) is 31.8 Å². The molecule has 0 atom stereocenters. The SMILES string of the molecule is O=C1CCSc2cc3c(cc2N1)NC(=O)c1ccccc1S3. The minimum absolute atomic E-state index is 0.0158. The van der Waals surface area contributed by atoms with E-state index in [1.54, 1.807) is 23.5 Å². The van der Waals surface area contributed by atoms with Crippen LogP contribution >= 0.6 is 23.5 Å². The smallest absolute Gasteiger partial charge is 0.256 e. The van der Waals surface area contributed by atoms with Crippen LogP contribution in [0.2, 0.25) is 0 Å². The highest BCUT2D eigenvalue weighted by atomic mass is 32.2. The fourth-order valence-electron chi connectivity index (χ4n) is 2.48. The quantitative estimate of drug-likeness (QED) is 0.771. The molecule has 4 rings (SSSR count). The van der Waals surface area contributed by atoms with E-state index in [9.17, 15) is 9.59 Å². The van der Waals surface area contributed by atoms with Crippen LogP contribution < -0.4 is 10.6 Å². The summed E-state index contributed by atoms with van der Waals surface area (Å²) < 4.78 is 0. The third-order valence-corrected chi connectivity index (χ3v) is 5.73. The van der Waals surface area contributed by atoms with Crippen LogP contribution in [0.3, 0.4) is 0 Å². The number of hydrogen-bond acceptors (Lipinski definition) is 4. The Bertz CT molecular complexity index is 805. The molecule has 0 radical (unpaired) electrons. The summed E-state index contributed by atoms with van der Waals surface area (Å²) in [5.41, 5.74) is 2.20. The zero-order valence-corrected chi connectivity index (χ0v) is 13.1. The van der Waals surface area contributed by atoms with E-state index in [0.29, 0.717) is 12.0 Å². The number of carbonyl (C=O) groups is 2. The standard InChI is InChI=1S/C16H12N2O2S2/c19-15-5-6-21-13-8-14-11(7-10(13)17-15)18-16(20)9-3-1-2-4-12(9)22-14/h1-4,7-8H,5-6H2,(H,17,19)(H,18,20). The second-order valence-electron chi connectivity index (χ2n) is 5.04. The summed E-state index contributed by atoms with van der Waals surface area (Å²) in [5, 5.41) is 5.85. The maximum absolute atomic E-state index is 12.4. The van der Waals surface area contributed by atoms with E-state index in [-0.39, 0.29) is 11.8 Å². The summed E-state index contributed by atoms with van der Waals surface area (Å²) in [4.78, 5) is 27.1. The van der Waals surface area contributed by atoms with Gasteiger partial charge in [-0.05, 0) is 24.3 Å². The predicted octanol–water partition coefficient (Wildman–Crippen LogP) is 3.84. The van der Waals surface area contributed by atoms with Gasteiger partial charge in [-0.3, -0.25) is 9.59 Å². The first-order chi connectivity index (χ1) is 10.7. The number of fused-ring (bicyclic) bond motifs is 3. The molecule has 0 saturated carbocycles. The van der Waals surface area contributed by atoms with Crippen LogP contribution in [-0.2, 0) is 4.79 Å². The summed E-state index contributed by atoms with van der Waals surface area (Å²) in [5.74, 6) is 0.669. The maximum atomic E-state index is 12.4. The van der Waals surface area contributed by atoms with Crippen LogP contribution in [-0.4, -0.2) is 17.6 Å². The Morgan fingerprint density at radius 2 is 1.73 bits per heavy atom. The van der Waals surface area contributed by atoms with Gasteiger partial charge in [-0.15, -0.1) is 11.8 Å². The molecular weight excluding hydrogens is 316 g/mol. The molecule has 2 aromatic rings. The normalized spacial score (nSPS) is 16.4. The summed E-state index contributed by atoms with van der Waals surface area (Å²) in [6.07, 6.45) is 0.506. The van der Waals surface area contributed by atoms with Crippen molar-refractivity contribution in [1.29, 1.82) is 0 Å². The second-order valence-corrected chi connectivity index (χ2v) is 7.26. The lowest BCUT2D eigenvalue weighted by Crippen LogP contribution is -2.13. The van der Waals surface area contributed by atoms with Crippen LogP contribution in [0.1, 0.15) is 16.8 Å². The Labute approximate surface area is 136 Å². The molecule has 2 aliphatic heterocycles. The van der Waals surface area contributed by atoms with Gasteiger partial charge in [-0.25, -0.2) is 0 Å². The molecule has 0 spiro atoms. The second kappa shape index (κ2) is 5.37. The van der Waals surface area contributed by atoms with E-state index in [1.807, 2.05) is 36.4 Å².